The van der Waals surface area contributed by atoms with Gasteiger partial charge in [-0.05, 0) is 36.0 Å². The third-order valence-electron chi connectivity index (χ3n) is 4.09. The number of aryl methyl sites for hydroxylation is 1. The van der Waals surface area contributed by atoms with Crippen molar-refractivity contribution in [2.45, 2.75) is 38.0 Å². The van der Waals surface area contributed by atoms with Gasteiger partial charge in [0, 0.05) is 30.6 Å². The van der Waals surface area contributed by atoms with E-state index in [9.17, 15) is 0 Å². The number of likely N-dealkylation sites (N-methyl/N-ethyl adjacent to an activating group) is 1. The summed E-state index contributed by atoms with van der Waals surface area (Å²) >= 11 is 3.55. The van der Waals surface area contributed by atoms with Gasteiger partial charge in [0.05, 0.1) is 23.9 Å². The summed E-state index contributed by atoms with van der Waals surface area (Å²) in [7, 11) is 2.19. The van der Waals surface area contributed by atoms with Crippen LogP contribution in [0.5, 0.6) is 5.75 Å². The van der Waals surface area contributed by atoms with E-state index in [0.717, 1.165) is 42.0 Å². The Morgan fingerprint density at radius 2 is 2.05 bits per heavy atom. The minimum Gasteiger partial charge on any atom is -0.487 e. The number of aromatic nitrogens is 1. The van der Waals surface area contributed by atoms with E-state index in [1.807, 2.05) is 19.2 Å². The topological polar surface area (TPSA) is 34.6 Å². The van der Waals surface area contributed by atoms with Gasteiger partial charge in [-0.2, -0.15) is 0 Å². The molecule has 3 rings (SSSR count). The first-order chi connectivity index (χ1) is 9.13. The van der Waals surface area contributed by atoms with E-state index in [4.69, 9.17) is 9.47 Å². The number of piperidine rings is 1. The van der Waals surface area contributed by atoms with E-state index < -0.39 is 0 Å². The van der Waals surface area contributed by atoms with Crippen molar-refractivity contribution in [3.8, 4) is 5.75 Å². The van der Waals surface area contributed by atoms with Crippen LogP contribution in [-0.2, 0) is 4.74 Å². The maximum atomic E-state index is 6.13. The molecule has 4 nitrogen and oxygen atoms in total. The van der Waals surface area contributed by atoms with Gasteiger partial charge in [-0.3, -0.25) is 9.88 Å². The van der Waals surface area contributed by atoms with Crippen LogP contribution >= 0.6 is 15.9 Å². The molecular formula is C14H19BrN2O2. The van der Waals surface area contributed by atoms with E-state index in [-0.39, 0.29) is 6.10 Å². The number of rotatable bonds is 2. The molecule has 2 unspecified atom stereocenters. The minimum absolute atomic E-state index is 0.260. The summed E-state index contributed by atoms with van der Waals surface area (Å²) in [5.74, 6) is 0.846. The molecule has 19 heavy (non-hydrogen) atoms. The molecule has 2 aliphatic heterocycles. The molecule has 0 aliphatic carbocycles. The first kappa shape index (κ1) is 13.3. The summed E-state index contributed by atoms with van der Waals surface area (Å²) in [6, 6.07) is 2.96. The monoisotopic (exact) mass is 326 g/mol. The molecule has 5 heteroatoms. The third-order valence-corrected chi connectivity index (χ3v) is 4.71. The maximum absolute atomic E-state index is 6.13. The maximum Gasteiger partial charge on any atom is 0.152 e. The molecule has 104 valence electrons. The van der Waals surface area contributed by atoms with Crippen LogP contribution in [0.1, 0.15) is 18.5 Å². The number of hydrogen-bond acceptors (Lipinski definition) is 4. The Kier molecular flexibility index (Phi) is 3.78. The van der Waals surface area contributed by atoms with Crippen LogP contribution in [-0.4, -0.2) is 48.3 Å². The average Bonchev–Trinajstić information content (AvgIpc) is 2.34. The van der Waals surface area contributed by atoms with Crippen LogP contribution in [0.4, 0.5) is 0 Å². The van der Waals surface area contributed by atoms with E-state index in [2.05, 4.69) is 32.9 Å². The molecule has 2 atom stereocenters. The molecule has 0 N–H and O–H groups in total. The molecule has 0 aromatic carbocycles. The molecule has 2 fully saturated rings. The lowest BCUT2D eigenvalue weighted by Gasteiger charge is -2.46. The van der Waals surface area contributed by atoms with Crippen molar-refractivity contribution >= 4 is 15.9 Å². The molecule has 1 aromatic rings. The standard InChI is InChI=1S/C14H19BrN2O2/c1-9-3-13(15)14(6-16-9)19-12-4-10-7-18-8-11(5-12)17(10)2/h3,6,10-12H,4-5,7-8H2,1-2H3. The zero-order valence-electron chi connectivity index (χ0n) is 11.3. The summed E-state index contributed by atoms with van der Waals surface area (Å²) in [4.78, 5) is 6.74. The molecule has 3 heterocycles. The molecule has 0 saturated carbocycles. The van der Waals surface area contributed by atoms with Crippen LogP contribution < -0.4 is 4.74 Å². The van der Waals surface area contributed by atoms with E-state index in [1.165, 1.54) is 0 Å². The molecule has 2 saturated heterocycles. The summed E-state index contributed by atoms with van der Waals surface area (Å²) in [5, 5.41) is 0. The van der Waals surface area contributed by atoms with Crippen molar-refractivity contribution in [2.24, 2.45) is 0 Å². The van der Waals surface area contributed by atoms with Gasteiger partial charge < -0.3 is 9.47 Å². The van der Waals surface area contributed by atoms with Crippen molar-refractivity contribution in [3.63, 3.8) is 0 Å². The number of ether oxygens (including phenoxy) is 2. The minimum atomic E-state index is 0.260. The highest BCUT2D eigenvalue weighted by molar-refractivity contribution is 9.10. The summed E-state index contributed by atoms with van der Waals surface area (Å²) in [6.07, 6.45) is 4.11. The second-order valence-electron chi connectivity index (χ2n) is 5.48. The molecule has 0 radical (unpaired) electrons. The highest BCUT2D eigenvalue weighted by atomic mass is 79.9. The highest BCUT2D eigenvalue weighted by Crippen LogP contribution is 2.31. The molecule has 2 aliphatic rings. The van der Waals surface area contributed by atoms with Crippen molar-refractivity contribution in [3.05, 3.63) is 22.4 Å². The first-order valence-corrected chi connectivity index (χ1v) is 7.51. The number of hydrogen-bond donors (Lipinski definition) is 0. The molecule has 2 bridgehead atoms. The van der Waals surface area contributed by atoms with Crippen molar-refractivity contribution in [1.82, 2.24) is 9.88 Å². The second kappa shape index (κ2) is 5.38. The fraction of sp³-hybridized carbons (Fsp3) is 0.643. The Hall–Kier alpha value is -0.650. The van der Waals surface area contributed by atoms with E-state index >= 15 is 0 Å². The molecule has 1 aromatic heterocycles. The predicted molar refractivity (Wildman–Crippen MR) is 76.5 cm³/mol. The van der Waals surface area contributed by atoms with Crippen LogP contribution in [0.2, 0.25) is 0 Å². The molecule has 0 spiro atoms. The Morgan fingerprint density at radius 1 is 1.37 bits per heavy atom. The van der Waals surface area contributed by atoms with Crippen molar-refractivity contribution in [1.29, 1.82) is 0 Å². The number of fused-ring (bicyclic) bond motifs is 2. The lowest BCUT2D eigenvalue weighted by Crippen LogP contribution is -2.57. The Balaban J connectivity index is 1.70. The SMILES string of the molecule is Cc1cc(Br)c(OC2CC3COCC(C2)N3C)cn1. The Bertz CT molecular complexity index is 455. The van der Waals surface area contributed by atoms with Crippen LogP contribution in [0.3, 0.4) is 0 Å². The van der Waals surface area contributed by atoms with E-state index in [0.29, 0.717) is 12.1 Å². The van der Waals surface area contributed by atoms with Crippen LogP contribution in [0, 0.1) is 6.92 Å². The van der Waals surface area contributed by atoms with Gasteiger partial charge in [-0.1, -0.05) is 0 Å². The first-order valence-electron chi connectivity index (χ1n) is 6.72. The van der Waals surface area contributed by atoms with Gasteiger partial charge in [-0.15, -0.1) is 0 Å². The fourth-order valence-electron chi connectivity index (χ4n) is 2.92. The zero-order chi connectivity index (χ0) is 13.4. The van der Waals surface area contributed by atoms with Gasteiger partial charge in [0.15, 0.2) is 5.75 Å². The van der Waals surface area contributed by atoms with Gasteiger partial charge in [0.25, 0.3) is 0 Å². The quantitative estimate of drug-likeness (QED) is 0.835. The third kappa shape index (κ3) is 2.78. The van der Waals surface area contributed by atoms with Crippen LogP contribution in [0.15, 0.2) is 16.7 Å². The molecular weight excluding hydrogens is 308 g/mol. The largest absolute Gasteiger partial charge is 0.487 e. The average molecular weight is 327 g/mol. The second-order valence-corrected chi connectivity index (χ2v) is 6.33. The lowest BCUT2D eigenvalue weighted by atomic mass is 9.92. The normalized spacial score (nSPS) is 31.2. The van der Waals surface area contributed by atoms with Crippen molar-refractivity contribution in [2.75, 3.05) is 20.3 Å². The fourth-order valence-corrected chi connectivity index (χ4v) is 3.45. The Labute approximate surface area is 122 Å². The summed E-state index contributed by atoms with van der Waals surface area (Å²) in [5.41, 5.74) is 0.993. The van der Waals surface area contributed by atoms with Crippen molar-refractivity contribution < 1.29 is 9.47 Å². The predicted octanol–water partition coefficient (Wildman–Crippen LogP) is 2.39. The Morgan fingerprint density at radius 3 is 2.68 bits per heavy atom. The number of pyridine rings is 1. The smallest absolute Gasteiger partial charge is 0.152 e. The van der Waals surface area contributed by atoms with E-state index in [1.54, 1.807) is 0 Å². The summed E-state index contributed by atoms with van der Waals surface area (Å²) < 4.78 is 12.7. The lowest BCUT2D eigenvalue weighted by molar-refractivity contribution is -0.0881. The zero-order valence-corrected chi connectivity index (χ0v) is 12.9. The van der Waals surface area contributed by atoms with Crippen LogP contribution in [0.25, 0.3) is 0 Å². The summed E-state index contributed by atoms with van der Waals surface area (Å²) in [6.45, 7) is 3.62. The van der Waals surface area contributed by atoms with Gasteiger partial charge >= 0.3 is 0 Å². The molecule has 0 amide bonds. The number of morpholine rings is 1. The van der Waals surface area contributed by atoms with Gasteiger partial charge in [-0.25, -0.2) is 0 Å². The van der Waals surface area contributed by atoms with Gasteiger partial charge in [0.1, 0.15) is 6.10 Å². The number of halogens is 1. The number of nitrogens with zero attached hydrogens (tertiary/aromatic N) is 2. The van der Waals surface area contributed by atoms with Gasteiger partial charge in [0.2, 0.25) is 0 Å². The highest BCUT2D eigenvalue weighted by Gasteiger charge is 2.37.